The molecule has 26 heavy (non-hydrogen) atoms. The zero-order valence-electron chi connectivity index (χ0n) is 16.4. The number of nitrogens with one attached hydrogen (secondary N) is 1. The molecule has 142 valence electrons. The molecule has 2 aromatic rings. The molecule has 0 bridgehead atoms. The summed E-state index contributed by atoms with van der Waals surface area (Å²) < 4.78 is 0. The average molecular weight is 860 g/mol. The van der Waals surface area contributed by atoms with Gasteiger partial charge in [0.2, 0.25) is 0 Å². The standard InChI is InChI=1S/C6H6N.C6H5.C4H7N.C2H6.2CH3.U.V.W.Y/c7-6-4-2-1-3-5-6;1-2-4-6-5-3-1;1-5-3-2-4-5;1-2;;;;;;/h1-5,7H;1-5H;2H,1,3-4H2;1-2H3;2*1H3;;;;/q2*-1;-2;;2*-1;;;+2;. The van der Waals surface area contributed by atoms with Gasteiger partial charge in [-0.1, -0.05) is 44.2 Å². The summed E-state index contributed by atoms with van der Waals surface area (Å²) in [5, 5.41) is 0. The molecule has 2 aromatic carbocycles. The van der Waals surface area contributed by atoms with Gasteiger partial charge in [0, 0.05) is 82.4 Å². The van der Waals surface area contributed by atoms with Gasteiger partial charge in [0.05, 0.1) is 0 Å². The van der Waals surface area contributed by atoms with Crippen LogP contribution >= 0.6 is 0 Å². The van der Waals surface area contributed by atoms with Crippen LogP contribution in [0, 0.1) is 65.5 Å². The van der Waals surface area contributed by atoms with Crippen molar-refractivity contribution in [3.8, 4) is 0 Å². The van der Waals surface area contributed by atoms with Crippen LogP contribution in [-0.2, 0) is 72.3 Å². The first-order valence-corrected chi connectivity index (χ1v) is 6.84. The zero-order chi connectivity index (χ0) is 15.1. The molecule has 0 spiro atoms. The predicted molar refractivity (Wildman–Crippen MR) is 101 cm³/mol. The van der Waals surface area contributed by atoms with E-state index in [-0.39, 0.29) is 118 Å². The largest absolute Gasteiger partial charge is 2.00 e. The summed E-state index contributed by atoms with van der Waals surface area (Å²) in [5.41, 5.74) is 7.57. The Bertz CT molecular complexity index is 380. The van der Waals surface area contributed by atoms with Gasteiger partial charge in [-0.2, -0.15) is 49.5 Å². The number of hydrogen-bond acceptors (Lipinski definition) is 1. The SMILES string of the molecule is CC.[CH2-]N1C[CH-]C1.[CH3-].[CH3-].[NH-]c1ccccc1.[U].[V].[W+2].[Y].[c-]1ccccc1. The summed E-state index contributed by atoms with van der Waals surface area (Å²) in [7, 11) is 3.65. The van der Waals surface area contributed by atoms with Crippen molar-refractivity contribution >= 4 is 5.69 Å². The normalized spacial score (nSPS) is 9.35. The van der Waals surface area contributed by atoms with Gasteiger partial charge in [0.1, 0.15) is 0 Å². The molecule has 0 unspecified atom stereocenters. The average Bonchev–Trinajstić information content (AvgIpc) is 2.51. The van der Waals surface area contributed by atoms with E-state index in [1.165, 1.54) is 0 Å². The van der Waals surface area contributed by atoms with Gasteiger partial charge in [-0.15, -0.1) is 5.69 Å². The first-order chi connectivity index (χ1) is 9.79. The quantitative estimate of drug-likeness (QED) is 0.296. The number of benzene rings is 2. The Morgan fingerprint density at radius 2 is 1.31 bits per heavy atom. The molecule has 1 N–H and O–H groups in total. The topological polar surface area (TPSA) is 27.0 Å². The molecule has 0 aromatic heterocycles. The Labute approximate surface area is 238 Å². The first kappa shape index (κ1) is 46.0. The van der Waals surface area contributed by atoms with Gasteiger partial charge in [0.15, 0.2) is 0 Å². The van der Waals surface area contributed by atoms with Gasteiger partial charge < -0.3 is 31.9 Å². The summed E-state index contributed by atoms with van der Waals surface area (Å²) in [5.74, 6) is 0. The second-order valence-corrected chi connectivity index (χ2v) is 3.77. The molecule has 1 saturated heterocycles. The molecular weight excluding hydrogens is 830 g/mol. The second kappa shape index (κ2) is 37.4. The van der Waals surface area contributed by atoms with Crippen molar-refractivity contribution in [2.75, 3.05) is 13.1 Å². The van der Waals surface area contributed by atoms with Crippen LogP contribution in [0.1, 0.15) is 13.8 Å². The molecule has 1 fully saturated rings. The van der Waals surface area contributed by atoms with Gasteiger partial charge in [-0.3, -0.25) is 7.05 Å². The van der Waals surface area contributed by atoms with Crippen molar-refractivity contribution in [3.05, 3.63) is 101 Å². The number of rotatable bonds is 0. The minimum Gasteiger partial charge on any atom is -0.699 e. The monoisotopic (exact) mass is 860 g/mol. The van der Waals surface area contributed by atoms with E-state index in [1.807, 2.05) is 67.3 Å². The van der Waals surface area contributed by atoms with Crippen molar-refractivity contribution < 1.29 is 103 Å². The summed E-state index contributed by atoms with van der Waals surface area (Å²) >= 11 is 0. The van der Waals surface area contributed by atoms with E-state index in [9.17, 15) is 0 Å². The van der Waals surface area contributed by atoms with Crippen molar-refractivity contribution in [2.24, 2.45) is 0 Å². The van der Waals surface area contributed by atoms with Crippen LogP contribution in [0.25, 0.3) is 5.73 Å². The minimum absolute atomic E-state index is 0. The van der Waals surface area contributed by atoms with Gasteiger partial charge in [-0.25, -0.2) is 0 Å². The Hall–Kier alpha value is 1.63. The summed E-state index contributed by atoms with van der Waals surface area (Å²) in [6.07, 6.45) is 2.19. The molecule has 0 saturated carbocycles. The molecule has 1 heterocycles. The van der Waals surface area contributed by atoms with Crippen LogP contribution in [0.4, 0.5) is 5.69 Å². The molecule has 3 rings (SSSR count). The van der Waals surface area contributed by atoms with Crippen LogP contribution in [0.2, 0.25) is 0 Å². The molecule has 0 aliphatic carbocycles. The third-order valence-electron chi connectivity index (χ3n) is 2.16. The van der Waals surface area contributed by atoms with Crippen LogP contribution in [-0.4, -0.2) is 18.0 Å². The number of hydrogen-bond donors (Lipinski definition) is 0. The smallest absolute Gasteiger partial charge is 0.699 e. The molecular formula is C20H30N2UVWY-4. The maximum absolute atomic E-state index is 7.00. The van der Waals surface area contributed by atoms with E-state index in [4.69, 9.17) is 5.73 Å². The minimum atomic E-state index is 0. The van der Waals surface area contributed by atoms with E-state index < -0.39 is 0 Å². The predicted octanol–water partition coefficient (Wildman–Crippen LogP) is 6.07. The third kappa shape index (κ3) is 33.2. The molecule has 2 radical (unpaired) electrons. The molecule has 1 aliphatic rings. The summed E-state index contributed by atoms with van der Waals surface area (Å²) in [4.78, 5) is 2.00. The van der Waals surface area contributed by atoms with Crippen molar-refractivity contribution in [3.63, 3.8) is 0 Å². The molecule has 2 nitrogen and oxygen atoms in total. The third-order valence-corrected chi connectivity index (χ3v) is 2.16. The van der Waals surface area contributed by atoms with E-state index in [1.54, 1.807) is 12.1 Å². The van der Waals surface area contributed by atoms with Crippen molar-refractivity contribution in [1.82, 2.24) is 4.90 Å². The maximum Gasteiger partial charge on any atom is 2.00 e. The zero-order valence-corrected chi connectivity index (χ0v) is 27.7. The summed E-state index contributed by atoms with van der Waals surface area (Å²) in [6.45, 7) is 6.17. The van der Waals surface area contributed by atoms with Crippen LogP contribution < -0.4 is 0 Å². The van der Waals surface area contributed by atoms with Crippen LogP contribution in [0.15, 0.2) is 60.7 Å². The van der Waals surface area contributed by atoms with Gasteiger partial charge >= 0.3 is 21.1 Å². The first-order valence-electron chi connectivity index (χ1n) is 6.84. The molecule has 1 aliphatic heterocycles. The Balaban J connectivity index is -0.0000000360. The molecule has 0 amide bonds. The Morgan fingerprint density at radius 1 is 0.962 bits per heavy atom. The van der Waals surface area contributed by atoms with E-state index in [0.29, 0.717) is 5.69 Å². The Kier molecular flexibility index (Phi) is 66.2. The number of nitrogens with zero attached hydrogens (tertiary/aromatic N) is 1. The summed E-state index contributed by atoms with van der Waals surface area (Å²) in [6, 6.07) is 21.6. The fraction of sp³-hybridized carbons (Fsp3) is 0.200. The van der Waals surface area contributed by atoms with Gasteiger partial charge in [0.25, 0.3) is 0 Å². The fourth-order valence-corrected chi connectivity index (χ4v) is 1.09. The van der Waals surface area contributed by atoms with E-state index in [2.05, 4.69) is 19.5 Å². The van der Waals surface area contributed by atoms with Crippen LogP contribution in [0.3, 0.4) is 0 Å². The molecule has 0 atom stereocenters. The van der Waals surface area contributed by atoms with Crippen LogP contribution in [0.5, 0.6) is 0 Å². The fourth-order valence-electron chi connectivity index (χ4n) is 1.09. The van der Waals surface area contributed by atoms with E-state index >= 15 is 0 Å². The van der Waals surface area contributed by atoms with E-state index in [0.717, 1.165) is 13.1 Å². The van der Waals surface area contributed by atoms with Crippen molar-refractivity contribution in [1.29, 1.82) is 0 Å². The number of likely N-dealkylation sites (tertiary alicyclic amines) is 1. The second-order valence-electron chi connectivity index (χ2n) is 3.77. The molecule has 6 heteroatoms. The maximum atomic E-state index is 7.00. The van der Waals surface area contributed by atoms with Crippen molar-refractivity contribution in [2.45, 2.75) is 13.8 Å². The van der Waals surface area contributed by atoms with Gasteiger partial charge in [-0.05, 0) is 0 Å². The Morgan fingerprint density at radius 3 is 1.42 bits per heavy atom.